The second-order valence-corrected chi connectivity index (χ2v) is 7.51. The molecule has 0 N–H and O–H groups in total. The Labute approximate surface area is 180 Å². The molecule has 31 heavy (non-hydrogen) atoms. The molecule has 0 radical (unpaired) electrons. The molecule has 0 spiro atoms. The monoisotopic (exact) mass is 432 g/mol. The number of fused-ring (bicyclic) bond motifs is 2. The third kappa shape index (κ3) is 2.98. The van der Waals surface area contributed by atoms with E-state index in [0.717, 1.165) is 0 Å². The van der Waals surface area contributed by atoms with Crippen LogP contribution in [0.25, 0.3) is 11.0 Å². The third-order valence-electron chi connectivity index (χ3n) is 5.28. The number of carbonyl (C=O) groups excluding carboxylic acids is 1. The highest BCUT2D eigenvalue weighted by atomic mass is 35.5. The molecule has 0 aliphatic carbocycles. The molecule has 4 aromatic rings. The zero-order chi connectivity index (χ0) is 21.7. The molecule has 1 aliphatic rings. The van der Waals surface area contributed by atoms with E-state index in [0.29, 0.717) is 27.2 Å². The molecule has 0 bridgehead atoms. The molecule has 0 unspecified atom stereocenters. The van der Waals surface area contributed by atoms with Crippen molar-refractivity contribution in [1.82, 2.24) is 0 Å². The van der Waals surface area contributed by atoms with Gasteiger partial charge in [-0.05, 0) is 48.0 Å². The van der Waals surface area contributed by atoms with Crippen LogP contribution in [0, 0.1) is 10.1 Å². The molecule has 3 aromatic carbocycles. The van der Waals surface area contributed by atoms with Gasteiger partial charge < -0.3 is 4.42 Å². The lowest BCUT2D eigenvalue weighted by molar-refractivity contribution is -0.384. The molecule has 5 rings (SSSR count). The number of benzene rings is 3. The van der Waals surface area contributed by atoms with Crippen LogP contribution in [0.2, 0.25) is 5.02 Å². The fourth-order valence-electron chi connectivity index (χ4n) is 3.91. The van der Waals surface area contributed by atoms with E-state index in [2.05, 4.69) is 0 Å². The van der Waals surface area contributed by atoms with Crippen LogP contribution in [0.1, 0.15) is 27.7 Å². The number of non-ortho nitro benzene ring substituents is 1. The van der Waals surface area contributed by atoms with Crippen molar-refractivity contribution in [2.24, 2.45) is 0 Å². The van der Waals surface area contributed by atoms with Gasteiger partial charge in [-0.25, -0.2) is 0 Å². The maximum absolute atomic E-state index is 13.4. The molecule has 7 nitrogen and oxygen atoms in total. The minimum absolute atomic E-state index is 0.0490. The first kappa shape index (κ1) is 19.0. The van der Waals surface area contributed by atoms with E-state index in [1.165, 1.54) is 29.2 Å². The van der Waals surface area contributed by atoms with Crippen LogP contribution in [-0.2, 0) is 0 Å². The van der Waals surface area contributed by atoms with Crippen LogP contribution >= 0.6 is 11.6 Å². The number of carbonyl (C=O) groups is 1. The molecule has 0 fully saturated rings. The smallest absolute Gasteiger partial charge is 0.295 e. The van der Waals surface area contributed by atoms with Crippen LogP contribution in [0.5, 0.6) is 0 Å². The van der Waals surface area contributed by atoms with E-state index in [4.69, 9.17) is 16.0 Å². The number of amides is 1. The summed E-state index contributed by atoms with van der Waals surface area (Å²) in [6, 6.07) is 18.4. The van der Waals surface area contributed by atoms with Crippen LogP contribution in [0.3, 0.4) is 0 Å². The SMILES string of the molecule is O=C1c2oc3ccccc3c(=O)c2[C@@H](c2ccc([N+](=O)[O-])cc2)N1c1cccc(Cl)c1. The maximum Gasteiger partial charge on any atom is 0.295 e. The first-order valence-corrected chi connectivity index (χ1v) is 9.73. The van der Waals surface area contributed by atoms with Gasteiger partial charge >= 0.3 is 0 Å². The van der Waals surface area contributed by atoms with Crippen molar-refractivity contribution in [2.45, 2.75) is 6.04 Å². The van der Waals surface area contributed by atoms with Crippen molar-refractivity contribution in [3.05, 3.63) is 115 Å². The molecular formula is C23H13ClN2O5. The Kier molecular flexibility index (Phi) is 4.34. The molecule has 1 amide bonds. The standard InChI is InChI=1S/C23H13ClN2O5/c24-14-4-3-5-16(12-14)25-20(13-8-10-15(11-9-13)26(29)30)19-21(27)17-6-1-2-7-18(17)31-22(19)23(25)28/h1-12,20H/t20-/m1/s1. The number of hydrogen-bond donors (Lipinski definition) is 0. The van der Waals surface area contributed by atoms with E-state index >= 15 is 0 Å². The summed E-state index contributed by atoms with van der Waals surface area (Å²) in [4.78, 5) is 38.8. The number of rotatable bonds is 3. The number of anilines is 1. The van der Waals surface area contributed by atoms with Gasteiger partial charge in [-0.1, -0.05) is 29.8 Å². The fraction of sp³-hybridized carbons (Fsp3) is 0.0435. The zero-order valence-electron chi connectivity index (χ0n) is 15.8. The highest BCUT2D eigenvalue weighted by molar-refractivity contribution is 6.31. The topological polar surface area (TPSA) is 93.7 Å². The lowest BCUT2D eigenvalue weighted by atomic mass is 9.98. The molecular weight excluding hydrogens is 420 g/mol. The van der Waals surface area contributed by atoms with E-state index in [1.54, 1.807) is 48.5 Å². The Morgan fingerprint density at radius 3 is 2.42 bits per heavy atom. The van der Waals surface area contributed by atoms with Crippen LogP contribution in [0.4, 0.5) is 11.4 Å². The first-order chi connectivity index (χ1) is 15.0. The average molecular weight is 433 g/mol. The molecule has 1 aliphatic heterocycles. The number of nitro benzene ring substituents is 1. The van der Waals surface area contributed by atoms with E-state index in [1.807, 2.05) is 0 Å². The second kappa shape index (κ2) is 7.07. The Balaban J connectivity index is 1.79. The molecule has 1 atom stereocenters. The lowest BCUT2D eigenvalue weighted by Crippen LogP contribution is -2.29. The molecule has 1 aromatic heterocycles. The number of halogens is 1. The predicted octanol–water partition coefficient (Wildman–Crippen LogP) is 5.10. The Bertz CT molecular complexity index is 1430. The van der Waals surface area contributed by atoms with Crippen molar-refractivity contribution in [2.75, 3.05) is 4.90 Å². The van der Waals surface area contributed by atoms with Crippen LogP contribution < -0.4 is 10.3 Å². The van der Waals surface area contributed by atoms with Gasteiger partial charge in [0.05, 0.1) is 21.9 Å². The molecule has 152 valence electrons. The molecule has 0 saturated carbocycles. The highest BCUT2D eigenvalue weighted by Gasteiger charge is 2.43. The normalized spacial score (nSPS) is 15.3. The number of nitrogens with zero attached hydrogens (tertiary/aromatic N) is 2. The summed E-state index contributed by atoms with van der Waals surface area (Å²) in [5.41, 5.74) is 1.12. The average Bonchev–Trinajstić information content (AvgIpc) is 3.06. The minimum atomic E-state index is -0.817. The first-order valence-electron chi connectivity index (χ1n) is 9.35. The van der Waals surface area contributed by atoms with Crippen LogP contribution in [-0.4, -0.2) is 10.8 Å². The zero-order valence-corrected chi connectivity index (χ0v) is 16.6. The van der Waals surface area contributed by atoms with E-state index in [-0.39, 0.29) is 22.4 Å². The predicted molar refractivity (Wildman–Crippen MR) is 116 cm³/mol. The summed E-state index contributed by atoms with van der Waals surface area (Å²) in [7, 11) is 0. The Hall–Kier alpha value is -3.97. The third-order valence-corrected chi connectivity index (χ3v) is 5.52. The van der Waals surface area contributed by atoms with E-state index in [9.17, 15) is 19.7 Å². The molecule has 0 saturated heterocycles. The van der Waals surface area contributed by atoms with Crippen molar-refractivity contribution in [3.63, 3.8) is 0 Å². The Morgan fingerprint density at radius 1 is 0.968 bits per heavy atom. The number of hydrogen-bond acceptors (Lipinski definition) is 5. The lowest BCUT2D eigenvalue weighted by Gasteiger charge is -2.25. The maximum atomic E-state index is 13.4. The summed E-state index contributed by atoms with van der Waals surface area (Å²) in [6.45, 7) is 0. The van der Waals surface area contributed by atoms with Crippen molar-refractivity contribution < 1.29 is 14.1 Å². The fourth-order valence-corrected chi connectivity index (χ4v) is 4.09. The summed E-state index contributed by atoms with van der Waals surface area (Å²) in [6.07, 6.45) is 0. The van der Waals surface area contributed by atoms with Gasteiger partial charge in [-0.3, -0.25) is 24.6 Å². The van der Waals surface area contributed by atoms with Gasteiger partial charge in [0.25, 0.3) is 11.6 Å². The van der Waals surface area contributed by atoms with Crippen LogP contribution in [0.15, 0.2) is 82.0 Å². The van der Waals surface area contributed by atoms with Gasteiger partial charge in [0.2, 0.25) is 5.76 Å². The second-order valence-electron chi connectivity index (χ2n) is 7.08. The summed E-state index contributed by atoms with van der Waals surface area (Å²) in [5.74, 6) is -0.532. The number of para-hydroxylation sites is 1. The molecule has 2 heterocycles. The van der Waals surface area contributed by atoms with Gasteiger partial charge in [0.15, 0.2) is 5.43 Å². The van der Waals surface area contributed by atoms with Crippen molar-refractivity contribution in [3.8, 4) is 0 Å². The van der Waals surface area contributed by atoms with E-state index < -0.39 is 16.9 Å². The summed E-state index contributed by atoms with van der Waals surface area (Å²) >= 11 is 6.15. The largest absolute Gasteiger partial charge is 0.450 e. The molecule has 8 heteroatoms. The number of nitro groups is 1. The van der Waals surface area contributed by atoms with Gasteiger partial charge in [0, 0.05) is 22.8 Å². The highest BCUT2D eigenvalue weighted by Crippen LogP contribution is 2.41. The van der Waals surface area contributed by atoms with Crippen molar-refractivity contribution in [1.29, 1.82) is 0 Å². The van der Waals surface area contributed by atoms with Gasteiger partial charge in [-0.15, -0.1) is 0 Å². The minimum Gasteiger partial charge on any atom is -0.450 e. The summed E-state index contributed by atoms with van der Waals surface area (Å²) < 4.78 is 5.86. The quantitative estimate of drug-likeness (QED) is 0.331. The summed E-state index contributed by atoms with van der Waals surface area (Å²) in [5, 5.41) is 11.8. The van der Waals surface area contributed by atoms with Crippen molar-refractivity contribution >= 4 is 39.9 Å². The van der Waals surface area contributed by atoms with Gasteiger partial charge in [-0.2, -0.15) is 0 Å². The Morgan fingerprint density at radius 2 is 1.71 bits per heavy atom. The van der Waals surface area contributed by atoms with Gasteiger partial charge in [0.1, 0.15) is 5.58 Å².